The van der Waals surface area contributed by atoms with E-state index in [1.165, 1.54) is 20.3 Å². The molecule has 0 saturated heterocycles. The average molecular weight is 270 g/mol. The largest absolute Gasteiger partial charge is 0.493 e. The molecule has 3 aromatic rings. The van der Waals surface area contributed by atoms with E-state index in [9.17, 15) is 4.79 Å². The highest BCUT2D eigenvalue weighted by Crippen LogP contribution is 2.30. The first-order chi connectivity index (χ1) is 9.67. The van der Waals surface area contributed by atoms with Crippen molar-refractivity contribution in [1.29, 1.82) is 5.26 Å². The van der Waals surface area contributed by atoms with Crippen molar-refractivity contribution in [3.8, 4) is 17.6 Å². The van der Waals surface area contributed by atoms with Gasteiger partial charge in [-0.05, 0) is 6.07 Å². The van der Waals surface area contributed by atoms with Crippen LogP contribution in [0.5, 0.6) is 11.5 Å². The summed E-state index contributed by atoms with van der Waals surface area (Å²) >= 11 is 0. The number of fused-ring (bicyclic) bond motifs is 2. The van der Waals surface area contributed by atoms with Crippen LogP contribution in [0.1, 0.15) is 5.69 Å². The van der Waals surface area contributed by atoms with Crippen molar-refractivity contribution in [3.63, 3.8) is 0 Å². The van der Waals surface area contributed by atoms with E-state index in [1.54, 1.807) is 12.1 Å². The fourth-order valence-corrected chi connectivity index (χ4v) is 2.09. The molecule has 1 N–H and O–H groups in total. The molecular weight excluding hydrogens is 260 g/mol. The molecule has 0 bridgehead atoms. The van der Waals surface area contributed by atoms with Crippen LogP contribution in [0.2, 0.25) is 0 Å². The van der Waals surface area contributed by atoms with Crippen LogP contribution in [0.25, 0.3) is 16.6 Å². The number of nitrogens with one attached hydrogen (secondary N) is 1. The van der Waals surface area contributed by atoms with Gasteiger partial charge in [0.1, 0.15) is 11.7 Å². The number of ether oxygens (including phenoxy) is 2. The molecule has 0 amide bonds. The minimum absolute atomic E-state index is 0.174. The van der Waals surface area contributed by atoms with Gasteiger partial charge in [-0.3, -0.25) is 4.79 Å². The number of rotatable bonds is 2. The maximum atomic E-state index is 12.4. The second-order valence-electron chi connectivity index (χ2n) is 4.12. The smallest absolute Gasteiger partial charge is 0.282 e. The second kappa shape index (κ2) is 4.28. The van der Waals surface area contributed by atoms with Gasteiger partial charge in [0.2, 0.25) is 0 Å². The molecule has 7 heteroatoms. The van der Waals surface area contributed by atoms with Crippen molar-refractivity contribution in [2.45, 2.75) is 0 Å². The van der Waals surface area contributed by atoms with E-state index in [0.717, 1.165) is 4.52 Å². The molecular formula is C13H10N4O3. The van der Waals surface area contributed by atoms with Gasteiger partial charge in [0.15, 0.2) is 17.2 Å². The number of methoxy groups -OCH3 is 2. The number of nitrogens with zero attached hydrogens (tertiary/aromatic N) is 3. The number of aromatic amines is 1. The first-order valence-corrected chi connectivity index (χ1v) is 5.76. The molecule has 0 radical (unpaired) electrons. The number of aromatic nitrogens is 3. The molecule has 100 valence electrons. The Bertz CT molecular complexity index is 917. The van der Waals surface area contributed by atoms with Gasteiger partial charge >= 0.3 is 0 Å². The predicted octanol–water partition coefficient (Wildman–Crippen LogP) is 1.06. The lowest BCUT2D eigenvalue weighted by Gasteiger charge is -2.08. The summed E-state index contributed by atoms with van der Waals surface area (Å²) in [4.78, 5) is 15.4. The van der Waals surface area contributed by atoms with Crippen molar-refractivity contribution in [2.75, 3.05) is 14.2 Å². The molecule has 0 aliphatic carbocycles. The number of H-pyrrole nitrogens is 1. The molecule has 2 heterocycles. The monoisotopic (exact) mass is 270 g/mol. The molecule has 0 unspecified atom stereocenters. The lowest BCUT2D eigenvalue weighted by Crippen LogP contribution is -2.15. The number of hydrogen-bond acceptors (Lipinski definition) is 5. The fourth-order valence-electron chi connectivity index (χ4n) is 2.09. The lowest BCUT2D eigenvalue weighted by atomic mass is 10.2. The summed E-state index contributed by atoms with van der Waals surface area (Å²) in [7, 11) is 3.02. The molecule has 0 aliphatic heterocycles. The van der Waals surface area contributed by atoms with Gasteiger partial charge < -0.3 is 14.5 Å². The summed E-state index contributed by atoms with van der Waals surface area (Å²) in [5, 5.41) is 13.2. The minimum Gasteiger partial charge on any atom is -0.493 e. The van der Waals surface area contributed by atoms with Crippen LogP contribution in [0, 0.1) is 11.3 Å². The summed E-state index contributed by atoms with van der Waals surface area (Å²) in [6, 6.07) is 6.67. The Hall–Kier alpha value is -3.01. The van der Waals surface area contributed by atoms with E-state index in [0.29, 0.717) is 28.0 Å². The van der Waals surface area contributed by atoms with E-state index >= 15 is 0 Å². The zero-order valence-electron chi connectivity index (χ0n) is 10.8. The SMILES string of the molecule is COc1cc2[nH]c3cc(C#N)nn3c(=O)c2cc1OC. The Kier molecular flexibility index (Phi) is 2.57. The molecule has 0 spiro atoms. The number of nitriles is 1. The topological polar surface area (TPSA) is 92.4 Å². The molecule has 20 heavy (non-hydrogen) atoms. The maximum Gasteiger partial charge on any atom is 0.282 e. The molecule has 0 saturated carbocycles. The van der Waals surface area contributed by atoms with Crippen LogP contribution in [0.4, 0.5) is 0 Å². The zero-order chi connectivity index (χ0) is 14.3. The van der Waals surface area contributed by atoms with Crippen LogP contribution in [-0.2, 0) is 0 Å². The first-order valence-electron chi connectivity index (χ1n) is 5.76. The Labute approximate surface area is 113 Å². The van der Waals surface area contributed by atoms with Crippen molar-refractivity contribution < 1.29 is 9.47 Å². The lowest BCUT2D eigenvalue weighted by molar-refractivity contribution is 0.355. The Morgan fingerprint density at radius 2 is 1.95 bits per heavy atom. The average Bonchev–Trinajstić information content (AvgIpc) is 2.89. The fraction of sp³-hybridized carbons (Fsp3) is 0.154. The summed E-state index contributed by atoms with van der Waals surface area (Å²) in [6.45, 7) is 0. The van der Waals surface area contributed by atoms with Crippen LogP contribution in [-0.4, -0.2) is 28.8 Å². The highest BCUT2D eigenvalue weighted by atomic mass is 16.5. The third-order valence-electron chi connectivity index (χ3n) is 3.03. The summed E-state index contributed by atoms with van der Waals surface area (Å²) in [6.07, 6.45) is 0. The van der Waals surface area contributed by atoms with Gasteiger partial charge in [-0.1, -0.05) is 0 Å². The van der Waals surface area contributed by atoms with Crippen LogP contribution in [0.15, 0.2) is 23.0 Å². The zero-order valence-corrected chi connectivity index (χ0v) is 10.8. The van der Waals surface area contributed by atoms with E-state index < -0.39 is 0 Å². The predicted molar refractivity (Wildman–Crippen MR) is 71.1 cm³/mol. The van der Waals surface area contributed by atoms with Crippen LogP contribution < -0.4 is 15.0 Å². The Morgan fingerprint density at radius 3 is 2.60 bits per heavy atom. The molecule has 1 aromatic carbocycles. The van der Waals surface area contributed by atoms with E-state index in [-0.39, 0.29) is 11.3 Å². The first kappa shape index (κ1) is 12.0. The van der Waals surface area contributed by atoms with Crippen molar-refractivity contribution in [2.24, 2.45) is 0 Å². The second-order valence-corrected chi connectivity index (χ2v) is 4.12. The van der Waals surface area contributed by atoms with Crippen LogP contribution in [0.3, 0.4) is 0 Å². The standard InChI is InChI=1S/C13H10N4O3/c1-19-10-4-8-9(5-11(10)20-2)15-12-3-7(6-14)16-17(12)13(8)18/h3-5,15H,1-2H3. The van der Waals surface area contributed by atoms with Gasteiger partial charge in [0.05, 0.1) is 25.1 Å². The van der Waals surface area contributed by atoms with Gasteiger partial charge in [0, 0.05) is 12.1 Å². The molecule has 0 aliphatic rings. The number of hydrogen-bond donors (Lipinski definition) is 1. The van der Waals surface area contributed by atoms with Crippen molar-refractivity contribution in [3.05, 3.63) is 34.2 Å². The maximum absolute atomic E-state index is 12.4. The van der Waals surface area contributed by atoms with Gasteiger partial charge in [-0.15, -0.1) is 0 Å². The normalized spacial score (nSPS) is 10.7. The molecule has 0 fully saturated rings. The minimum atomic E-state index is -0.323. The van der Waals surface area contributed by atoms with E-state index in [4.69, 9.17) is 14.7 Å². The Balaban J connectivity index is 2.45. The number of benzene rings is 1. The van der Waals surface area contributed by atoms with E-state index in [1.807, 2.05) is 6.07 Å². The molecule has 2 aromatic heterocycles. The van der Waals surface area contributed by atoms with Gasteiger partial charge in [-0.2, -0.15) is 14.9 Å². The quantitative estimate of drug-likeness (QED) is 0.751. The summed E-state index contributed by atoms with van der Waals surface area (Å²) in [5.41, 5.74) is 0.889. The highest BCUT2D eigenvalue weighted by molar-refractivity contribution is 5.83. The summed E-state index contributed by atoms with van der Waals surface area (Å²) in [5.74, 6) is 0.970. The summed E-state index contributed by atoms with van der Waals surface area (Å²) < 4.78 is 11.5. The Morgan fingerprint density at radius 1 is 1.25 bits per heavy atom. The van der Waals surface area contributed by atoms with E-state index in [2.05, 4.69) is 10.1 Å². The molecule has 0 atom stereocenters. The third-order valence-corrected chi connectivity index (χ3v) is 3.03. The van der Waals surface area contributed by atoms with Gasteiger partial charge in [-0.25, -0.2) is 0 Å². The van der Waals surface area contributed by atoms with Gasteiger partial charge in [0.25, 0.3) is 5.56 Å². The third kappa shape index (κ3) is 1.59. The molecule has 7 nitrogen and oxygen atoms in total. The van der Waals surface area contributed by atoms with Crippen LogP contribution >= 0.6 is 0 Å². The van der Waals surface area contributed by atoms with Crippen molar-refractivity contribution in [1.82, 2.24) is 14.6 Å². The van der Waals surface area contributed by atoms with Crippen molar-refractivity contribution >= 4 is 16.6 Å². The highest BCUT2D eigenvalue weighted by Gasteiger charge is 2.12. The molecule has 3 rings (SSSR count).